The van der Waals surface area contributed by atoms with Gasteiger partial charge in [0.15, 0.2) is 0 Å². The van der Waals surface area contributed by atoms with Crippen LogP contribution >= 0.6 is 0 Å². The zero-order valence-corrected chi connectivity index (χ0v) is 11.3. The van der Waals surface area contributed by atoms with E-state index in [9.17, 15) is 4.79 Å². The molecule has 0 aromatic carbocycles. The van der Waals surface area contributed by atoms with E-state index in [4.69, 9.17) is 4.74 Å². The molecule has 0 aromatic heterocycles. The zero-order chi connectivity index (χ0) is 12.8. The fourth-order valence-electron chi connectivity index (χ4n) is 2.73. The molecule has 5 heteroatoms. The molecule has 2 fully saturated rings. The number of carbonyl (C=O) groups excluding carboxylic acids is 1. The second kappa shape index (κ2) is 7.07. The molecule has 0 aromatic rings. The van der Waals surface area contributed by atoms with Gasteiger partial charge in [0.2, 0.25) is 5.91 Å². The Morgan fingerprint density at radius 1 is 1.44 bits per heavy atom. The fraction of sp³-hybridized carbons (Fsp3) is 0.923. The van der Waals surface area contributed by atoms with Crippen molar-refractivity contribution in [2.24, 2.45) is 0 Å². The highest BCUT2D eigenvalue weighted by Gasteiger charge is 2.28. The predicted octanol–water partition coefficient (Wildman–Crippen LogP) is -0.0346. The van der Waals surface area contributed by atoms with Gasteiger partial charge < -0.3 is 20.3 Å². The van der Waals surface area contributed by atoms with Crippen LogP contribution in [0.4, 0.5) is 0 Å². The number of likely N-dealkylation sites (tertiary alicyclic amines) is 1. The fourth-order valence-corrected chi connectivity index (χ4v) is 2.73. The van der Waals surface area contributed by atoms with Crippen molar-refractivity contribution in [3.63, 3.8) is 0 Å². The van der Waals surface area contributed by atoms with Gasteiger partial charge in [0.05, 0.1) is 12.1 Å². The maximum Gasteiger partial charge on any atom is 0.237 e. The third kappa shape index (κ3) is 3.93. The first kappa shape index (κ1) is 13.8. The van der Waals surface area contributed by atoms with Crippen molar-refractivity contribution in [1.29, 1.82) is 0 Å². The quantitative estimate of drug-likeness (QED) is 0.654. The van der Waals surface area contributed by atoms with Gasteiger partial charge in [-0.3, -0.25) is 4.79 Å². The monoisotopic (exact) mass is 255 g/mol. The molecule has 18 heavy (non-hydrogen) atoms. The van der Waals surface area contributed by atoms with Crippen molar-refractivity contribution in [2.45, 2.75) is 37.8 Å². The van der Waals surface area contributed by atoms with Crippen LogP contribution in [0.25, 0.3) is 0 Å². The average Bonchev–Trinajstić information content (AvgIpc) is 3.05. The maximum atomic E-state index is 11.9. The van der Waals surface area contributed by atoms with E-state index < -0.39 is 0 Å². The van der Waals surface area contributed by atoms with Gasteiger partial charge in [-0.25, -0.2) is 0 Å². The lowest BCUT2D eigenvalue weighted by atomic mass is 10.2. The lowest BCUT2D eigenvalue weighted by Crippen LogP contribution is -2.41. The van der Waals surface area contributed by atoms with Crippen LogP contribution in [0.1, 0.15) is 25.7 Å². The summed E-state index contributed by atoms with van der Waals surface area (Å²) in [7, 11) is 1.70. The summed E-state index contributed by atoms with van der Waals surface area (Å²) in [5.41, 5.74) is 0. The Morgan fingerprint density at radius 2 is 2.22 bits per heavy atom. The summed E-state index contributed by atoms with van der Waals surface area (Å²) in [6.07, 6.45) is 4.68. The molecule has 2 aliphatic rings. The summed E-state index contributed by atoms with van der Waals surface area (Å²) in [6.45, 7) is 5.13. The molecule has 2 rings (SSSR count). The smallest absolute Gasteiger partial charge is 0.237 e. The van der Waals surface area contributed by atoms with Crippen LogP contribution in [-0.2, 0) is 9.53 Å². The Labute approximate surface area is 109 Å². The van der Waals surface area contributed by atoms with Crippen LogP contribution in [0.3, 0.4) is 0 Å². The maximum absolute atomic E-state index is 11.9. The Hall–Kier alpha value is -0.650. The van der Waals surface area contributed by atoms with Crippen molar-refractivity contribution in [3.05, 3.63) is 0 Å². The van der Waals surface area contributed by atoms with Crippen molar-refractivity contribution < 1.29 is 9.53 Å². The van der Waals surface area contributed by atoms with Gasteiger partial charge in [-0.2, -0.15) is 0 Å². The van der Waals surface area contributed by atoms with Crippen molar-refractivity contribution in [3.8, 4) is 0 Å². The molecule has 5 nitrogen and oxygen atoms in total. The van der Waals surface area contributed by atoms with Crippen molar-refractivity contribution in [1.82, 2.24) is 15.5 Å². The molecule has 2 unspecified atom stereocenters. The summed E-state index contributed by atoms with van der Waals surface area (Å²) in [5, 5.41) is 6.20. The highest BCUT2D eigenvalue weighted by molar-refractivity contribution is 5.82. The lowest BCUT2D eigenvalue weighted by molar-refractivity contribution is -0.122. The van der Waals surface area contributed by atoms with Gasteiger partial charge in [0, 0.05) is 20.2 Å². The number of ether oxygens (including phenoxy) is 1. The van der Waals surface area contributed by atoms with Crippen molar-refractivity contribution in [2.75, 3.05) is 39.8 Å². The first-order chi connectivity index (χ1) is 8.79. The Bertz CT molecular complexity index is 267. The molecule has 2 heterocycles. The van der Waals surface area contributed by atoms with E-state index in [-0.39, 0.29) is 18.1 Å². The molecule has 0 bridgehead atoms. The van der Waals surface area contributed by atoms with Gasteiger partial charge in [-0.05, 0) is 45.3 Å². The summed E-state index contributed by atoms with van der Waals surface area (Å²) in [5.74, 6) is 0.121. The predicted molar refractivity (Wildman–Crippen MR) is 70.5 cm³/mol. The number of nitrogens with zero attached hydrogens (tertiary/aromatic N) is 1. The summed E-state index contributed by atoms with van der Waals surface area (Å²) >= 11 is 0. The summed E-state index contributed by atoms with van der Waals surface area (Å²) in [6, 6.07) is -0.0678. The molecule has 2 N–H and O–H groups in total. The molecular formula is C13H25N3O2. The number of rotatable bonds is 6. The lowest BCUT2D eigenvalue weighted by Gasteiger charge is -2.15. The molecule has 2 aliphatic heterocycles. The van der Waals surface area contributed by atoms with Crippen LogP contribution in [0.15, 0.2) is 0 Å². The highest BCUT2D eigenvalue weighted by atomic mass is 16.5. The Balaban J connectivity index is 1.54. The van der Waals surface area contributed by atoms with Crippen LogP contribution in [0.5, 0.6) is 0 Å². The van der Waals surface area contributed by atoms with E-state index >= 15 is 0 Å². The largest absolute Gasteiger partial charge is 0.380 e. The molecule has 104 valence electrons. The highest BCUT2D eigenvalue weighted by Crippen LogP contribution is 2.09. The first-order valence-electron chi connectivity index (χ1n) is 7.06. The minimum atomic E-state index is -0.0678. The SMILES string of the molecule is COC1CNC(C(=O)NCCCN2CCCC2)C1. The molecule has 0 aliphatic carbocycles. The van der Waals surface area contributed by atoms with Crippen LogP contribution in [0, 0.1) is 0 Å². The van der Waals surface area contributed by atoms with E-state index in [1.165, 1.54) is 25.9 Å². The van der Waals surface area contributed by atoms with Gasteiger partial charge in [-0.1, -0.05) is 0 Å². The van der Waals surface area contributed by atoms with E-state index in [1.54, 1.807) is 7.11 Å². The minimum Gasteiger partial charge on any atom is -0.380 e. The molecule has 2 saturated heterocycles. The molecule has 0 radical (unpaired) electrons. The second-order valence-electron chi connectivity index (χ2n) is 5.25. The number of methoxy groups -OCH3 is 1. The normalized spacial score (nSPS) is 28.7. The number of hydrogen-bond acceptors (Lipinski definition) is 4. The first-order valence-corrected chi connectivity index (χ1v) is 7.06. The van der Waals surface area contributed by atoms with E-state index in [1.807, 2.05) is 0 Å². The van der Waals surface area contributed by atoms with Gasteiger partial charge >= 0.3 is 0 Å². The number of nitrogens with one attached hydrogen (secondary N) is 2. The molecule has 0 spiro atoms. The van der Waals surface area contributed by atoms with Crippen LogP contribution < -0.4 is 10.6 Å². The van der Waals surface area contributed by atoms with E-state index in [2.05, 4.69) is 15.5 Å². The third-order valence-electron chi connectivity index (χ3n) is 3.89. The standard InChI is InChI=1S/C13H25N3O2/c1-18-11-9-12(15-10-11)13(17)14-5-4-8-16-6-2-3-7-16/h11-12,15H,2-10H2,1H3,(H,14,17). The summed E-state index contributed by atoms with van der Waals surface area (Å²) in [4.78, 5) is 14.3. The third-order valence-corrected chi connectivity index (χ3v) is 3.89. The number of carbonyl (C=O) groups is 1. The topological polar surface area (TPSA) is 53.6 Å². The van der Waals surface area contributed by atoms with Gasteiger partial charge in [0.25, 0.3) is 0 Å². The zero-order valence-electron chi connectivity index (χ0n) is 11.3. The molecule has 1 amide bonds. The van der Waals surface area contributed by atoms with E-state index in [0.717, 1.165) is 32.5 Å². The van der Waals surface area contributed by atoms with Crippen molar-refractivity contribution >= 4 is 5.91 Å². The Morgan fingerprint density at radius 3 is 2.89 bits per heavy atom. The van der Waals surface area contributed by atoms with E-state index in [0.29, 0.717) is 0 Å². The number of hydrogen-bond donors (Lipinski definition) is 2. The number of amides is 1. The molecular weight excluding hydrogens is 230 g/mol. The minimum absolute atomic E-state index is 0.0678. The molecule has 0 saturated carbocycles. The van der Waals surface area contributed by atoms with Crippen LogP contribution in [-0.4, -0.2) is 62.8 Å². The summed E-state index contributed by atoms with van der Waals surface area (Å²) < 4.78 is 5.24. The second-order valence-corrected chi connectivity index (χ2v) is 5.25. The van der Waals surface area contributed by atoms with Crippen LogP contribution in [0.2, 0.25) is 0 Å². The molecule has 2 atom stereocenters. The Kier molecular flexibility index (Phi) is 5.41. The van der Waals surface area contributed by atoms with Gasteiger partial charge in [0.1, 0.15) is 0 Å². The van der Waals surface area contributed by atoms with Gasteiger partial charge in [-0.15, -0.1) is 0 Å². The average molecular weight is 255 g/mol.